The van der Waals surface area contributed by atoms with E-state index in [4.69, 9.17) is 24.2 Å². The number of fused-ring (bicyclic) bond motifs is 2. The van der Waals surface area contributed by atoms with Gasteiger partial charge in [0.1, 0.15) is 18.2 Å². The number of carbonyl (C=O) groups excluding carboxylic acids is 1. The number of aliphatic imine (C=N–C) groups is 1. The van der Waals surface area contributed by atoms with Crippen molar-refractivity contribution >= 4 is 40.2 Å². The van der Waals surface area contributed by atoms with Gasteiger partial charge in [0.15, 0.2) is 5.82 Å². The summed E-state index contributed by atoms with van der Waals surface area (Å²) in [4.78, 5) is 29.0. The number of amides is 1. The van der Waals surface area contributed by atoms with Gasteiger partial charge in [-0.3, -0.25) is 14.7 Å². The van der Waals surface area contributed by atoms with E-state index >= 15 is 0 Å². The quantitative estimate of drug-likeness (QED) is 0.281. The highest BCUT2D eigenvalue weighted by molar-refractivity contribution is 5.95. The predicted molar refractivity (Wildman–Crippen MR) is 159 cm³/mol. The Kier molecular flexibility index (Phi) is 8.13. The van der Waals surface area contributed by atoms with Crippen LogP contribution in [0.2, 0.25) is 0 Å². The first-order valence-corrected chi connectivity index (χ1v) is 13.7. The number of nitrogens with zero attached hydrogens (tertiary/aromatic N) is 4. The van der Waals surface area contributed by atoms with Crippen molar-refractivity contribution in [2.24, 2.45) is 4.99 Å². The first kappa shape index (κ1) is 26.8. The standard InChI is InChI=1S/C31H32N6O4/c1-39-13-14-41-26-7-8-28-27(17-26)31(34-25-6-5-22-18-32-19-23(22)16-25)36-30(35-28)21-3-2-4-24(15-21)33-29(38)20-37-9-11-40-12-10-37/h2-8,15-17,19H,9-14,18,20H2,1H3,(H,33,38)(H,34,35,36). The molecule has 0 bridgehead atoms. The smallest absolute Gasteiger partial charge is 0.238 e. The molecule has 0 aliphatic carbocycles. The average Bonchev–Trinajstić information content (AvgIpc) is 3.46. The van der Waals surface area contributed by atoms with Crippen LogP contribution < -0.4 is 15.4 Å². The van der Waals surface area contributed by atoms with Gasteiger partial charge in [0, 0.05) is 48.7 Å². The minimum atomic E-state index is -0.0630. The van der Waals surface area contributed by atoms with Crippen LogP contribution >= 0.6 is 0 Å². The maximum absolute atomic E-state index is 12.7. The van der Waals surface area contributed by atoms with E-state index in [1.165, 1.54) is 5.56 Å². The van der Waals surface area contributed by atoms with E-state index in [-0.39, 0.29) is 5.91 Å². The predicted octanol–water partition coefficient (Wildman–Crippen LogP) is 4.27. The topological polar surface area (TPSA) is 110 Å². The number of ether oxygens (including phenoxy) is 3. The van der Waals surface area contributed by atoms with E-state index in [1.54, 1.807) is 7.11 Å². The van der Waals surface area contributed by atoms with Crippen molar-refractivity contribution in [1.29, 1.82) is 0 Å². The Morgan fingerprint density at radius 1 is 1.00 bits per heavy atom. The summed E-state index contributed by atoms with van der Waals surface area (Å²) in [6.45, 7) is 4.78. The Balaban J connectivity index is 1.30. The van der Waals surface area contributed by atoms with Crippen LogP contribution in [-0.2, 0) is 20.8 Å². The van der Waals surface area contributed by atoms with Crippen LogP contribution in [0.1, 0.15) is 11.1 Å². The molecule has 0 radical (unpaired) electrons. The summed E-state index contributed by atoms with van der Waals surface area (Å²) in [7, 11) is 1.65. The molecule has 0 spiro atoms. The molecule has 1 aromatic heterocycles. The molecule has 1 amide bonds. The zero-order valence-electron chi connectivity index (χ0n) is 22.9. The fourth-order valence-corrected chi connectivity index (χ4v) is 4.88. The minimum absolute atomic E-state index is 0.0630. The number of nitrogens with one attached hydrogen (secondary N) is 2. The lowest BCUT2D eigenvalue weighted by atomic mass is 10.1. The number of morpholine rings is 1. The lowest BCUT2D eigenvalue weighted by molar-refractivity contribution is -0.118. The van der Waals surface area contributed by atoms with E-state index in [0.717, 1.165) is 40.8 Å². The third kappa shape index (κ3) is 6.51. The van der Waals surface area contributed by atoms with Crippen molar-refractivity contribution in [3.63, 3.8) is 0 Å². The van der Waals surface area contributed by atoms with Gasteiger partial charge in [-0.1, -0.05) is 18.2 Å². The summed E-state index contributed by atoms with van der Waals surface area (Å²) in [6.07, 6.45) is 1.89. The van der Waals surface area contributed by atoms with Gasteiger partial charge in [-0.15, -0.1) is 0 Å². The van der Waals surface area contributed by atoms with Gasteiger partial charge in [0.2, 0.25) is 5.91 Å². The third-order valence-electron chi connectivity index (χ3n) is 7.00. The normalized spacial score (nSPS) is 14.7. The number of benzene rings is 3. The molecule has 6 rings (SSSR count). The fourth-order valence-electron chi connectivity index (χ4n) is 4.88. The third-order valence-corrected chi connectivity index (χ3v) is 7.00. The lowest BCUT2D eigenvalue weighted by Gasteiger charge is -2.25. The Morgan fingerprint density at radius 2 is 1.90 bits per heavy atom. The summed E-state index contributed by atoms with van der Waals surface area (Å²) in [5.74, 6) is 1.84. The number of anilines is 3. The molecule has 2 aliphatic rings. The van der Waals surface area contributed by atoms with Gasteiger partial charge >= 0.3 is 0 Å². The van der Waals surface area contributed by atoms with Crippen molar-refractivity contribution in [3.05, 3.63) is 71.8 Å². The average molecular weight is 553 g/mol. The Hall–Kier alpha value is -4.38. The van der Waals surface area contributed by atoms with Crippen LogP contribution in [0, 0.1) is 0 Å². The molecule has 2 aliphatic heterocycles. The number of methoxy groups -OCH3 is 1. The first-order chi connectivity index (χ1) is 20.1. The van der Waals surface area contributed by atoms with Crippen LogP contribution in [0.3, 0.4) is 0 Å². The Morgan fingerprint density at radius 3 is 2.78 bits per heavy atom. The van der Waals surface area contributed by atoms with Gasteiger partial charge in [0.25, 0.3) is 0 Å². The molecule has 10 nitrogen and oxygen atoms in total. The van der Waals surface area contributed by atoms with Crippen LogP contribution in [0.25, 0.3) is 22.3 Å². The minimum Gasteiger partial charge on any atom is -0.491 e. The molecule has 1 fully saturated rings. The number of hydrogen-bond acceptors (Lipinski definition) is 9. The van der Waals surface area contributed by atoms with Gasteiger partial charge in [-0.25, -0.2) is 9.97 Å². The summed E-state index contributed by atoms with van der Waals surface area (Å²) in [5.41, 5.74) is 5.45. The Bertz CT molecular complexity index is 1580. The summed E-state index contributed by atoms with van der Waals surface area (Å²) in [6, 6.07) is 19.6. The van der Waals surface area contributed by atoms with Gasteiger partial charge in [-0.2, -0.15) is 0 Å². The highest BCUT2D eigenvalue weighted by Gasteiger charge is 2.16. The highest BCUT2D eigenvalue weighted by Crippen LogP contribution is 2.32. The van der Waals surface area contributed by atoms with Crippen molar-refractivity contribution in [1.82, 2.24) is 14.9 Å². The molecule has 3 heterocycles. The number of aromatic nitrogens is 2. The van der Waals surface area contributed by atoms with Crippen LogP contribution in [0.4, 0.5) is 17.2 Å². The molecule has 210 valence electrons. The molecular formula is C31H32N6O4. The highest BCUT2D eigenvalue weighted by atomic mass is 16.5. The summed E-state index contributed by atoms with van der Waals surface area (Å²) >= 11 is 0. The molecule has 1 saturated heterocycles. The summed E-state index contributed by atoms with van der Waals surface area (Å²) in [5, 5.41) is 7.34. The van der Waals surface area contributed by atoms with E-state index in [9.17, 15) is 4.79 Å². The van der Waals surface area contributed by atoms with Crippen LogP contribution in [-0.4, -0.2) is 80.2 Å². The van der Waals surface area contributed by atoms with Crippen molar-refractivity contribution in [2.75, 3.05) is 63.8 Å². The van der Waals surface area contributed by atoms with Crippen LogP contribution in [0.15, 0.2) is 65.7 Å². The summed E-state index contributed by atoms with van der Waals surface area (Å²) < 4.78 is 16.4. The molecule has 0 saturated carbocycles. The molecule has 41 heavy (non-hydrogen) atoms. The second-order valence-corrected chi connectivity index (χ2v) is 9.94. The number of rotatable bonds is 10. The molecule has 0 unspecified atom stereocenters. The number of hydrogen-bond donors (Lipinski definition) is 2. The van der Waals surface area contributed by atoms with Gasteiger partial charge < -0.3 is 24.8 Å². The molecule has 3 aromatic carbocycles. The van der Waals surface area contributed by atoms with E-state index in [0.29, 0.717) is 62.6 Å². The maximum atomic E-state index is 12.7. The zero-order valence-corrected chi connectivity index (χ0v) is 22.9. The number of carbonyl (C=O) groups is 1. The Labute approximate surface area is 238 Å². The first-order valence-electron chi connectivity index (χ1n) is 13.7. The lowest BCUT2D eigenvalue weighted by Crippen LogP contribution is -2.41. The molecule has 10 heteroatoms. The van der Waals surface area contributed by atoms with E-state index < -0.39 is 0 Å². The van der Waals surface area contributed by atoms with Crippen molar-refractivity contribution in [2.45, 2.75) is 6.54 Å². The SMILES string of the molecule is COCCOc1ccc2nc(-c3cccc(NC(=O)CN4CCOCC4)c3)nc(Nc3ccc4c(c3)C=NC4)c2c1. The largest absolute Gasteiger partial charge is 0.491 e. The molecule has 0 atom stereocenters. The van der Waals surface area contributed by atoms with Gasteiger partial charge in [-0.05, 0) is 53.6 Å². The second-order valence-electron chi connectivity index (χ2n) is 9.94. The van der Waals surface area contributed by atoms with E-state index in [1.807, 2.05) is 54.7 Å². The fraction of sp³-hybridized carbons (Fsp3) is 0.290. The van der Waals surface area contributed by atoms with E-state index in [2.05, 4.69) is 32.7 Å². The van der Waals surface area contributed by atoms with Crippen molar-refractivity contribution < 1.29 is 19.0 Å². The maximum Gasteiger partial charge on any atom is 0.238 e. The van der Waals surface area contributed by atoms with Crippen LogP contribution in [0.5, 0.6) is 5.75 Å². The van der Waals surface area contributed by atoms with Gasteiger partial charge in [0.05, 0.1) is 38.4 Å². The molecule has 2 N–H and O–H groups in total. The molecular weight excluding hydrogens is 520 g/mol. The monoisotopic (exact) mass is 552 g/mol. The van der Waals surface area contributed by atoms with Crippen molar-refractivity contribution in [3.8, 4) is 17.1 Å². The zero-order chi connectivity index (χ0) is 28.0. The molecule has 4 aromatic rings. The second kappa shape index (κ2) is 12.4.